The Morgan fingerprint density at radius 2 is 2.07 bits per heavy atom. The number of rotatable bonds is 2. The average Bonchev–Trinajstić information content (AvgIpc) is 2.50. The van der Waals surface area contributed by atoms with Crippen LogP contribution in [0.5, 0.6) is 0 Å². The zero-order valence-electron chi connectivity index (χ0n) is 7.46. The van der Waals surface area contributed by atoms with E-state index in [0.717, 1.165) is 17.5 Å². The summed E-state index contributed by atoms with van der Waals surface area (Å²) in [5.41, 5.74) is 7.66. The molecule has 4 nitrogen and oxygen atoms in total. The fraction of sp³-hybridized carbons (Fsp3) is 0.250. The molecule has 2 N–H and O–H groups in total. The molecular weight excluding hydrogens is 223 g/mol. The topological polar surface area (TPSA) is 56.2 Å². The second-order valence-electron chi connectivity index (χ2n) is 2.61. The normalized spacial score (nSPS) is 9.21. The zero-order valence-corrected chi connectivity index (χ0v) is 9.09. The quantitative estimate of drug-likeness (QED) is 0.847. The molecule has 6 heteroatoms. The van der Waals surface area contributed by atoms with Crippen molar-refractivity contribution < 1.29 is 0 Å². The largest absolute Gasteiger partial charge is 0.330 e. The van der Waals surface area contributed by atoms with Crippen LogP contribution >= 0.6 is 24.8 Å². The van der Waals surface area contributed by atoms with Crippen LogP contribution < -0.4 is 5.73 Å². The first-order valence-electron chi connectivity index (χ1n) is 3.90. The molecule has 2 rings (SSSR count). The Balaban J connectivity index is 0.000000845. The molecule has 78 valence electrons. The van der Waals surface area contributed by atoms with Gasteiger partial charge < -0.3 is 5.73 Å². The Morgan fingerprint density at radius 1 is 1.29 bits per heavy atom. The van der Waals surface area contributed by atoms with Gasteiger partial charge >= 0.3 is 0 Å². The number of hydrogen-bond donors (Lipinski definition) is 1. The summed E-state index contributed by atoms with van der Waals surface area (Å²) >= 11 is 0. The van der Waals surface area contributed by atoms with Crippen LogP contribution in [0.25, 0.3) is 5.52 Å². The van der Waals surface area contributed by atoms with Gasteiger partial charge in [-0.3, -0.25) is 0 Å². The number of nitrogens with zero attached hydrogens (tertiary/aromatic N) is 3. The maximum Gasteiger partial charge on any atom is 0.0905 e. The fourth-order valence-electron chi connectivity index (χ4n) is 1.23. The summed E-state index contributed by atoms with van der Waals surface area (Å²) in [7, 11) is 0. The third kappa shape index (κ3) is 2.35. The monoisotopic (exact) mass is 234 g/mol. The third-order valence-corrected chi connectivity index (χ3v) is 1.80. The standard InChI is InChI=1S/C8H10N4.2ClH/c9-4-3-7-6-11-12-8(7)2-1-5-10-12;;/h1-2,5-6H,3-4,9H2;2*1H. The highest BCUT2D eigenvalue weighted by atomic mass is 35.5. The van der Waals surface area contributed by atoms with Gasteiger partial charge in [0.15, 0.2) is 0 Å². The minimum atomic E-state index is 0. The van der Waals surface area contributed by atoms with Gasteiger partial charge in [0, 0.05) is 11.8 Å². The Morgan fingerprint density at radius 3 is 2.79 bits per heavy atom. The molecule has 0 radical (unpaired) electrons. The van der Waals surface area contributed by atoms with Crippen LogP contribution in [0.2, 0.25) is 0 Å². The lowest BCUT2D eigenvalue weighted by Gasteiger charge is -1.93. The molecule has 2 heterocycles. The van der Waals surface area contributed by atoms with E-state index in [1.165, 1.54) is 0 Å². The Kier molecular flexibility index (Phi) is 5.45. The van der Waals surface area contributed by atoms with E-state index in [2.05, 4.69) is 10.2 Å². The van der Waals surface area contributed by atoms with Crippen molar-refractivity contribution in [2.45, 2.75) is 6.42 Å². The van der Waals surface area contributed by atoms with Crippen molar-refractivity contribution in [1.82, 2.24) is 14.8 Å². The van der Waals surface area contributed by atoms with Gasteiger partial charge in [0.05, 0.1) is 11.7 Å². The minimum Gasteiger partial charge on any atom is -0.330 e. The molecule has 0 aliphatic carbocycles. The van der Waals surface area contributed by atoms with Gasteiger partial charge in [-0.1, -0.05) is 0 Å². The summed E-state index contributed by atoms with van der Waals surface area (Å²) in [6.07, 6.45) is 4.39. The van der Waals surface area contributed by atoms with Gasteiger partial charge in [-0.25, -0.2) is 0 Å². The summed E-state index contributed by atoms with van der Waals surface area (Å²) < 4.78 is 1.62. The van der Waals surface area contributed by atoms with E-state index in [-0.39, 0.29) is 24.8 Å². The van der Waals surface area contributed by atoms with Crippen molar-refractivity contribution in [3.63, 3.8) is 0 Å². The predicted molar refractivity (Wildman–Crippen MR) is 60.2 cm³/mol. The number of aromatic nitrogens is 3. The molecular formula is C8H12Cl2N4. The molecule has 0 saturated heterocycles. The highest BCUT2D eigenvalue weighted by Crippen LogP contribution is 2.07. The van der Waals surface area contributed by atoms with Crippen molar-refractivity contribution in [3.8, 4) is 0 Å². The molecule has 0 aliphatic rings. The van der Waals surface area contributed by atoms with Gasteiger partial charge in [-0.05, 0) is 25.1 Å². The van der Waals surface area contributed by atoms with Gasteiger partial charge in [-0.15, -0.1) is 24.8 Å². The number of halogens is 2. The van der Waals surface area contributed by atoms with Crippen molar-refractivity contribution >= 4 is 30.3 Å². The van der Waals surface area contributed by atoms with Crippen molar-refractivity contribution in [3.05, 3.63) is 30.1 Å². The molecule has 2 aromatic rings. The summed E-state index contributed by atoms with van der Waals surface area (Å²) in [4.78, 5) is 0. The molecule has 0 saturated carbocycles. The SMILES string of the molecule is Cl.Cl.NCCc1cnn2ncccc12. The van der Waals surface area contributed by atoms with Crippen molar-refractivity contribution in [1.29, 1.82) is 0 Å². The average molecular weight is 235 g/mol. The third-order valence-electron chi connectivity index (χ3n) is 1.80. The molecule has 0 aliphatic heterocycles. The number of nitrogens with two attached hydrogens (primary N) is 1. The highest BCUT2D eigenvalue weighted by Gasteiger charge is 2.01. The van der Waals surface area contributed by atoms with Crippen molar-refractivity contribution in [2.75, 3.05) is 6.54 Å². The number of hydrogen-bond acceptors (Lipinski definition) is 3. The van der Waals surface area contributed by atoms with E-state index in [0.29, 0.717) is 6.54 Å². The predicted octanol–water partition coefficient (Wildman–Crippen LogP) is 1.07. The Labute approximate surface area is 94.3 Å². The summed E-state index contributed by atoms with van der Waals surface area (Å²) in [6, 6.07) is 3.89. The fourth-order valence-corrected chi connectivity index (χ4v) is 1.23. The van der Waals surface area contributed by atoms with Gasteiger partial charge in [0.25, 0.3) is 0 Å². The molecule has 0 bridgehead atoms. The van der Waals surface area contributed by atoms with Crippen LogP contribution in [-0.4, -0.2) is 21.4 Å². The summed E-state index contributed by atoms with van der Waals surface area (Å²) in [6.45, 7) is 0.649. The molecule has 0 atom stereocenters. The van der Waals surface area contributed by atoms with E-state index < -0.39 is 0 Å². The molecule has 2 aromatic heterocycles. The maximum atomic E-state index is 5.45. The Hall–Kier alpha value is -0.840. The van der Waals surface area contributed by atoms with Crippen LogP contribution in [0, 0.1) is 0 Å². The van der Waals surface area contributed by atoms with Crippen molar-refractivity contribution in [2.24, 2.45) is 5.73 Å². The van der Waals surface area contributed by atoms with Crippen LogP contribution in [0.3, 0.4) is 0 Å². The van der Waals surface area contributed by atoms with Gasteiger partial charge in [-0.2, -0.15) is 14.8 Å². The molecule has 0 fully saturated rings. The molecule has 0 unspecified atom stereocenters. The maximum absolute atomic E-state index is 5.45. The molecule has 0 spiro atoms. The Bertz CT molecular complexity index is 387. The summed E-state index contributed by atoms with van der Waals surface area (Å²) in [5.74, 6) is 0. The first-order chi connectivity index (χ1) is 5.92. The second-order valence-corrected chi connectivity index (χ2v) is 2.61. The first-order valence-corrected chi connectivity index (χ1v) is 3.90. The van der Waals surface area contributed by atoms with E-state index in [4.69, 9.17) is 5.73 Å². The first kappa shape index (κ1) is 13.2. The zero-order chi connectivity index (χ0) is 8.39. The van der Waals surface area contributed by atoms with Gasteiger partial charge in [0.2, 0.25) is 0 Å². The van der Waals surface area contributed by atoms with E-state index in [1.54, 1.807) is 10.8 Å². The second kappa shape index (κ2) is 5.80. The summed E-state index contributed by atoms with van der Waals surface area (Å²) in [5, 5.41) is 8.14. The van der Waals surface area contributed by atoms with E-state index >= 15 is 0 Å². The smallest absolute Gasteiger partial charge is 0.0905 e. The lowest BCUT2D eigenvalue weighted by molar-refractivity contribution is 0.800. The number of fused-ring (bicyclic) bond motifs is 1. The molecule has 0 aromatic carbocycles. The van der Waals surface area contributed by atoms with Crippen LogP contribution in [0.4, 0.5) is 0 Å². The van der Waals surface area contributed by atoms with E-state index in [1.807, 2.05) is 18.3 Å². The molecule has 14 heavy (non-hydrogen) atoms. The minimum absolute atomic E-state index is 0. The lowest BCUT2D eigenvalue weighted by Crippen LogP contribution is -2.02. The van der Waals surface area contributed by atoms with Gasteiger partial charge in [0.1, 0.15) is 0 Å². The van der Waals surface area contributed by atoms with E-state index in [9.17, 15) is 0 Å². The lowest BCUT2D eigenvalue weighted by atomic mass is 10.2. The van der Waals surface area contributed by atoms with Crippen LogP contribution in [0.15, 0.2) is 24.5 Å². The molecule has 0 amide bonds. The highest BCUT2D eigenvalue weighted by molar-refractivity contribution is 5.85. The van der Waals surface area contributed by atoms with Crippen LogP contribution in [-0.2, 0) is 6.42 Å². The van der Waals surface area contributed by atoms with Crippen LogP contribution in [0.1, 0.15) is 5.56 Å².